The van der Waals surface area contributed by atoms with Crippen LogP contribution in [0.2, 0.25) is 0 Å². The monoisotopic (exact) mass is 307 g/mol. The Kier molecular flexibility index (Phi) is 4.28. The molecule has 0 aromatic heterocycles. The highest BCUT2D eigenvalue weighted by Crippen LogP contribution is 2.32. The average Bonchev–Trinajstić information content (AvgIpc) is 3.04. The zero-order valence-electron chi connectivity index (χ0n) is 13.6. The van der Waals surface area contributed by atoms with Gasteiger partial charge >= 0.3 is 0 Å². The molecule has 23 heavy (non-hydrogen) atoms. The second-order valence-electron chi connectivity index (χ2n) is 6.26. The van der Waals surface area contributed by atoms with E-state index < -0.39 is 11.7 Å². The van der Waals surface area contributed by atoms with Crippen molar-refractivity contribution in [2.45, 2.75) is 32.7 Å². The molecule has 0 spiro atoms. The van der Waals surface area contributed by atoms with Crippen molar-refractivity contribution in [3.63, 3.8) is 0 Å². The molecule has 118 valence electrons. The average molecular weight is 307 g/mol. The van der Waals surface area contributed by atoms with E-state index in [1.54, 1.807) is 17.0 Å². The van der Waals surface area contributed by atoms with Gasteiger partial charge in [0.1, 0.15) is 0 Å². The minimum Gasteiger partial charge on any atom is -0.329 e. The van der Waals surface area contributed by atoms with E-state index in [1.165, 1.54) is 5.56 Å². The molecular weight excluding hydrogens is 286 g/mol. The Morgan fingerprint density at radius 2 is 1.48 bits per heavy atom. The summed E-state index contributed by atoms with van der Waals surface area (Å²) in [6, 6.07) is 15.4. The van der Waals surface area contributed by atoms with E-state index in [-0.39, 0.29) is 6.04 Å². The standard InChI is InChI=1S/C20H21NO2/c1-14-5-9-16(10-6-14)18-4-3-13-21(18)20(23)19(22)17-11-7-15(2)8-12-17/h5-12,18H,3-4,13H2,1-2H3. The zero-order valence-corrected chi connectivity index (χ0v) is 13.6. The fourth-order valence-corrected chi connectivity index (χ4v) is 3.10. The third-order valence-electron chi connectivity index (χ3n) is 4.48. The van der Waals surface area contributed by atoms with Crippen molar-refractivity contribution in [3.05, 3.63) is 70.8 Å². The number of ketones is 1. The van der Waals surface area contributed by atoms with Crippen molar-refractivity contribution in [1.82, 2.24) is 4.90 Å². The Morgan fingerprint density at radius 1 is 0.913 bits per heavy atom. The van der Waals surface area contributed by atoms with E-state index in [9.17, 15) is 9.59 Å². The third-order valence-corrected chi connectivity index (χ3v) is 4.48. The van der Waals surface area contributed by atoms with E-state index in [2.05, 4.69) is 24.3 Å². The van der Waals surface area contributed by atoms with Gasteiger partial charge in [-0.3, -0.25) is 9.59 Å². The highest BCUT2D eigenvalue weighted by Gasteiger charge is 2.33. The maximum absolute atomic E-state index is 12.7. The van der Waals surface area contributed by atoms with Gasteiger partial charge in [-0.05, 0) is 32.3 Å². The third kappa shape index (κ3) is 3.19. The van der Waals surface area contributed by atoms with Crippen LogP contribution < -0.4 is 0 Å². The van der Waals surface area contributed by atoms with Gasteiger partial charge in [0.05, 0.1) is 6.04 Å². The molecule has 1 fully saturated rings. The molecule has 1 aliphatic rings. The first-order chi connectivity index (χ1) is 11.1. The van der Waals surface area contributed by atoms with Crippen LogP contribution in [-0.4, -0.2) is 23.1 Å². The Morgan fingerprint density at radius 3 is 2.09 bits per heavy atom. The lowest BCUT2D eigenvalue weighted by Gasteiger charge is -2.24. The van der Waals surface area contributed by atoms with Gasteiger partial charge in [0.2, 0.25) is 5.78 Å². The molecule has 1 atom stereocenters. The first kappa shape index (κ1) is 15.5. The molecule has 3 rings (SSSR count). The lowest BCUT2D eigenvalue weighted by molar-refractivity contribution is -0.127. The molecule has 2 aromatic carbocycles. The minimum atomic E-state index is -0.413. The molecule has 1 heterocycles. The molecule has 0 saturated carbocycles. The number of carbonyl (C=O) groups excluding carboxylic acids is 2. The van der Waals surface area contributed by atoms with Gasteiger partial charge < -0.3 is 4.90 Å². The van der Waals surface area contributed by atoms with Crippen LogP contribution >= 0.6 is 0 Å². The smallest absolute Gasteiger partial charge is 0.295 e. The number of nitrogens with zero attached hydrogens (tertiary/aromatic N) is 1. The van der Waals surface area contributed by atoms with Crippen molar-refractivity contribution < 1.29 is 9.59 Å². The van der Waals surface area contributed by atoms with Crippen molar-refractivity contribution in [2.75, 3.05) is 6.54 Å². The maximum Gasteiger partial charge on any atom is 0.295 e. The molecule has 0 N–H and O–H groups in total. The van der Waals surface area contributed by atoms with E-state index in [0.29, 0.717) is 12.1 Å². The van der Waals surface area contributed by atoms with Crippen LogP contribution in [0.25, 0.3) is 0 Å². The van der Waals surface area contributed by atoms with Crippen molar-refractivity contribution in [2.24, 2.45) is 0 Å². The molecule has 0 bridgehead atoms. The zero-order chi connectivity index (χ0) is 16.4. The van der Waals surface area contributed by atoms with Crippen LogP contribution in [0.5, 0.6) is 0 Å². The van der Waals surface area contributed by atoms with Crippen LogP contribution in [0.15, 0.2) is 48.5 Å². The van der Waals surface area contributed by atoms with Gasteiger partial charge in [0.25, 0.3) is 5.91 Å². The van der Waals surface area contributed by atoms with Crippen molar-refractivity contribution in [1.29, 1.82) is 0 Å². The Hall–Kier alpha value is -2.42. The van der Waals surface area contributed by atoms with Crippen LogP contribution in [0.4, 0.5) is 0 Å². The summed E-state index contributed by atoms with van der Waals surface area (Å²) in [4.78, 5) is 26.9. The number of hydrogen-bond donors (Lipinski definition) is 0. The van der Waals surface area contributed by atoms with Gasteiger partial charge in [0.15, 0.2) is 0 Å². The van der Waals surface area contributed by atoms with Crippen LogP contribution in [0.1, 0.15) is 45.9 Å². The van der Waals surface area contributed by atoms with E-state index >= 15 is 0 Å². The molecule has 1 aliphatic heterocycles. The molecule has 0 radical (unpaired) electrons. The summed E-state index contributed by atoms with van der Waals surface area (Å²) in [5.74, 6) is -0.805. The minimum absolute atomic E-state index is 0.0116. The van der Waals surface area contributed by atoms with E-state index in [0.717, 1.165) is 24.0 Å². The van der Waals surface area contributed by atoms with Crippen LogP contribution in [0, 0.1) is 13.8 Å². The normalized spacial score (nSPS) is 17.3. The second kappa shape index (κ2) is 6.37. The molecule has 1 unspecified atom stereocenters. The quantitative estimate of drug-likeness (QED) is 0.638. The number of Topliss-reactive ketones (excluding diaryl/α,β-unsaturated/α-hetero) is 1. The van der Waals surface area contributed by atoms with Gasteiger partial charge in [-0.25, -0.2) is 0 Å². The first-order valence-electron chi connectivity index (χ1n) is 8.05. The highest BCUT2D eigenvalue weighted by atomic mass is 16.2. The van der Waals surface area contributed by atoms with Crippen LogP contribution in [0.3, 0.4) is 0 Å². The summed E-state index contributed by atoms with van der Waals surface area (Å²) >= 11 is 0. The molecule has 3 heteroatoms. The van der Waals surface area contributed by atoms with Crippen molar-refractivity contribution in [3.8, 4) is 0 Å². The first-order valence-corrected chi connectivity index (χ1v) is 8.05. The topological polar surface area (TPSA) is 37.4 Å². The summed E-state index contributed by atoms with van der Waals surface area (Å²) in [5.41, 5.74) is 3.85. The Labute approximate surface area is 136 Å². The summed E-state index contributed by atoms with van der Waals surface area (Å²) in [7, 11) is 0. The van der Waals surface area contributed by atoms with Gasteiger partial charge in [-0.15, -0.1) is 0 Å². The van der Waals surface area contributed by atoms with Crippen molar-refractivity contribution >= 4 is 11.7 Å². The molecule has 0 aliphatic carbocycles. The van der Waals surface area contributed by atoms with Gasteiger partial charge in [-0.1, -0.05) is 59.7 Å². The van der Waals surface area contributed by atoms with Crippen LogP contribution in [-0.2, 0) is 4.79 Å². The summed E-state index contributed by atoms with van der Waals surface area (Å²) in [6.45, 7) is 4.65. The molecule has 1 amide bonds. The second-order valence-corrected chi connectivity index (χ2v) is 6.26. The predicted octanol–water partition coefficient (Wildman–Crippen LogP) is 3.85. The molecule has 2 aromatic rings. The number of rotatable bonds is 3. The lowest BCUT2D eigenvalue weighted by atomic mass is 10.0. The predicted molar refractivity (Wildman–Crippen MR) is 90.4 cm³/mol. The van der Waals surface area contributed by atoms with Gasteiger partial charge in [-0.2, -0.15) is 0 Å². The Bertz CT molecular complexity index is 716. The number of amides is 1. The summed E-state index contributed by atoms with van der Waals surface area (Å²) in [5, 5.41) is 0. The highest BCUT2D eigenvalue weighted by molar-refractivity contribution is 6.42. The fraction of sp³-hybridized carbons (Fsp3) is 0.300. The molecule has 3 nitrogen and oxygen atoms in total. The number of benzene rings is 2. The van der Waals surface area contributed by atoms with E-state index in [1.807, 2.05) is 26.0 Å². The molecular formula is C20H21NO2. The lowest BCUT2D eigenvalue weighted by Crippen LogP contribution is -2.36. The summed E-state index contributed by atoms with van der Waals surface area (Å²) < 4.78 is 0. The largest absolute Gasteiger partial charge is 0.329 e. The van der Waals surface area contributed by atoms with E-state index in [4.69, 9.17) is 0 Å². The number of carbonyl (C=O) groups is 2. The van der Waals surface area contributed by atoms with Gasteiger partial charge in [0, 0.05) is 12.1 Å². The SMILES string of the molecule is Cc1ccc(C(=O)C(=O)N2CCCC2c2ccc(C)cc2)cc1. The number of likely N-dealkylation sites (tertiary alicyclic amines) is 1. The molecule has 1 saturated heterocycles. The number of aryl methyl sites for hydroxylation is 2. The maximum atomic E-state index is 12.7. The summed E-state index contributed by atoms with van der Waals surface area (Å²) in [6.07, 6.45) is 1.85. The number of hydrogen-bond acceptors (Lipinski definition) is 2. The Balaban J connectivity index is 1.81. The fourth-order valence-electron chi connectivity index (χ4n) is 3.10.